The van der Waals surface area contributed by atoms with E-state index in [2.05, 4.69) is 79.6 Å². The number of halogens is 6. The number of rotatable bonds is 1. The Morgan fingerprint density at radius 2 is 1.75 bits per heavy atom. The van der Waals surface area contributed by atoms with Gasteiger partial charge in [0, 0.05) is 5.33 Å². The molecule has 88 valence electrons. The number of nitrogens with zero attached hydrogens (tertiary/aromatic N) is 1. The second kappa shape index (κ2) is 8.20. The van der Waals surface area contributed by atoms with Gasteiger partial charge in [0.2, 0.25) is 0 Å². The van der Waals surface area contributed by atoms with Gasteiger partial charge in [-0.1, -0.05) is 22.0 Å². The Bertz CT molecular complexity index is 376. The molecule has 1 aromatic rings. The number of hydrogen-bond acceptors (Lipinski definition) is 1. The van der Waals surface area contributed by atoms with Crippen LogP contribution in [0.2, 0.25) is 0 Å². The van der Waals surface area contributed by atoms with Crippen LogP contribution in [0, 0.1) is 17.1 Å². The Labute approximate surface area is 135 Å². The average molecular weight is 546 g/mol. The maximum Gasteiger partial charge on any atom is 0.189 e. The van der Waals surface area contributed by atoms with Crippen molar-refractivity contribution >= 4 is 79.6 Å². The summed E-state index contributed by atoms with van der Waals surface area (Å²) in [5.74, 6) is -0.332. The standard InChI is InChI=1S/C8H5BrFN.CBr4/c9-4-7-2-1-6(5-11)3-8(7)10;2-1(3,4)5/h1-3H,4H2;. The van der Waals surface area contributed by atoms with Crippen LogP contribution < -0.4 is 0 Å². The third-order valence-electron chi connectivity index (χ3n) is 1.33. The SMILES string of the molecule is BrC(Br)(Br)Br.N#Cc1ccc(CBr)c(F)c1. The van der Waals surface area contributed by atoms with Crippen LogP contribution in [0.1, 0.15) is 11.1 Å². The summed E-state index contributed by atoms with van der Waals surface area (Å²) in [6, 6.07) is 6.29. The van der Waals surface area contributed by atoms with Crippen molar-refractivity contribution in [1.82, 2.24) is 0 Å². The van der Waals surface area contributed by atoms with E-state index in [1.165, 1.54) is 6.07 Å². The molecule has 0 spiro atoms. The van der Waals surface area contributed by atoms with Crippen LogP contribution in [0.3, 0.4) is 0 Å². The summed E-state index contributed by atoms with van der Waals surface area (Å²) in [4.78, 5) is 0. The fourth-order valence-electron chi connectivity index (χ4n) is 0.725. The maximum absolute atomic E-state index is 12.9. The largest absolute Gasteiger partial charge is 0.207 e. The second-order valence-electron chi connectivity index (χ2n) is 2.48. The molecule has 0 saturated heterocycles. The number of hydrogen-bond donors (Lipinski definition) is 0. The molecule has 0 aliphatic rings. The van der Waals surface area contributed by atoms with E-state index >= 15 is 0 Å². The first kappa shape index (κ1) is 17.0. The van der Waals surface area contributed by atoms with Gasteiger partial charge >= 0.3 is 0 Å². The molecule has 0 heterocycles. The molecular weight excluding hydrogens is 541 g/mol. The monoisotopic (exact) mass is 541 g/mol. The summed E-state index contributed by atoms with van der Waals surface area (Å²) >= 11 is 15.6. The van der Waals surface area contributed by atoms with Gasteiger partial charge in [-0.05, 0) is 81.4 Å². The van der Waals surface area contributed by atoms with Crippen LogP contribution in [-0.2, 0) is 5.33 Å². The zero-order valence-corrected chi connectivity index (χ0v) is 15.6. The van der Waals surface area contributed by atoms with Gasteiger partial charge in [-0.2, -0.15) is 5.26 Å². The van der Waals surface area contributed by atoms with Crippen molar-refractivity contribution in [3.05, 3.63) is 35.1 Å². The fourth-order valence-corrected chi connectivity index (χ4v) is 1.18. The Hall–Kier alpha value is 1.04. The van der Waals surface area contributed by atoms with Gasteiger partial charge in [0.25, 0.3) is 0 Å². The van der Waals surface area contributed by atoms with Crippen molar-refractivity contribution in [1.29, 1.82) is 5.26 Å². The lowest BCUT2D eigenvalue weighted by atomic mass is 10.1. The molecule has 0 unspecified atom stereocenters. The molecule has 0 N–H and O–H groups in total. The van der Waals surface area contributed by atoms with Crippen molar-refractivity contribution in [2.24, 2.45) is 0 Å². The third-order valence-corrected chi connectivity index (χ3v) is 1.93. The van der Waals surface area contributed by atoms with Crippen molar-refractivity contribution in [2.45, 2.75) is 6.38 Å². The lowest BCUT2D eigenvalue weighted by molar-refractivity contribution is 0.617. The van der Waals surface area contributed by atoms with Crippen LogP contribution >= 0.6 is 79.6 Å². The summed E-state index contributed by atoms with van der Waals surface area (Å²) in [6.07, 6.45) is 0. The Morgan fingerprint density at radius 3 is 2.06 bits per heavy atom. The highest BCUT2D eigenvalue weighted by molar-refractivity contribution is 9.52. The normalized spacial score (nSPS) is 10.1. The minimum atomic E-state index is -0.332. The zero-order valence-electron chi connectivity index (χ0n) is 7.65. The smallest absolute Gasteiger partial charge is 0.189 e. The van der Waals surface area contributed by atoms with E-state index in [9.17, 15) is 4.39 Å². The Balaban J connectivity index is 0.000000385. The lowest BCUT2D eigenvalue weighted by Crippen LogP contribution is -1.86. The fraction of sp³-hybridized carbons (Fsp3) is 0.222. The molecule has 0 aromatic heterocycles. The highest BCUT2D eigenvalue weighted by Crippen LogP contribution is 2.39. The number of nitriles is 1. The Morgan fingerprint density at radius 1 is 1.25 bits per heavy atom. The predicted molar refractivity (Wildman–Crippen MR) is 82.2 cm³/mol. The molecule has 0 radical (unpaired) electrons. The van der Waals surface area contributed by atoms with Gasteiger partial charge in [-0.25, -0.2) is 4.39 Å². The maximum atomic E-state index is 12.9. The van der Waals surface area contributed by atoms with Crippen molar-refractivity contribution in [2.75, 3.05) is 0 Å². The van der Waals surface area contributed by atoms with E-state index in [0.29, 0.717) is 16.5 Å². The first-order chi connectivity index (χ1) is 7.27. The number of alkyl halides is 5. The van der Waals surface area contributed by atoms with Crippen LogP contribution in [0.25, 0.3) is 0 Å². The van der Waals surface area contributed by atoms with E-state index in [0.717, 1.165) is 0 Å². The Kier molecular flexibility index (Phi) is 8.73. The van der Waals surface area contributed by atoms with Gasteiger partial charge in [-0.15, -0.1) is 0 Å². The first-order valence-corrected chi connectivity index (χ1v) is 8.07. The highest BCUT2D eigenvalue weighted by Gasteiger charge is 2.08. The van der Waals surface area contributed by atoms with Gasteiger partial charge in [0.15, 0.2) is 1.05 Å². The summed E-state index contributed by atoms with van der Waals surface area (Å²) in [5.41, 5.74) is 0.927. The van der Waals surface area contributed by atoms with Gasteiger partial charge in [0.05, 0.1) is 11.6 Å². The summed E-state index contributed by atoms with van der Waals surface area (Å²) in [5, 5.41) is 8.87. The highest BCUT2D eigenvalue weighted by atomic mass is 80.0. The molecule has 16 heavy (non-hydrogen) atoms. The molecule has 0 amide bonds. The van der Waals surface area contributed by atoms with Crippen molar-refractivity contribution in [3.8, 4) is 6.07 Å². The molecule has 0 atom stereocenters. The van der Waals surface area contributed by atoms with E-state index in [4.69, 9.17) is 5.26 Å². The molecular formula is C9H5Br5FN. The van der Waals surface area contributed by atoms with Crippen LogP contribution in [-0.4, -0.2) is 1.05 Å². The van der Waals surface area contributed by atoms with Gasteiger partial charge < -0.3 is 0 Å². The molecule has 0 bridgehead atoms. The van der Waals surface area contributed by atoms with E-state index in [1.807, 2.05) is 6.07 Å². The van der Waals surface area contributed by atoms with E-state index in [-0.39, 0.29) is 6.87 Å². The quantitative estimate of drug-likeness (QED) is 0.411. The average Bonchev–Trinajstić information content (AvgIpc) is 2.15. The minimum Gasteiger partial charge on any atom is -0.207 e. The minimum absolute atomic E-state index is 0.250. The molecule has 0 aliphatic heterocycles. The predicted octanol–water partition coefficient (Wildman–Crippen LogP) is 5.77. The van der Waals surface area contributed by atoms with Gasteiger partial charge in [0.1, 0.15) is 5.82 Å². The van der Waals surface area contributed by atoms with E-state index < -0.39 is 0 Å². The van der Waals surface area contributed by atoms with Crippen molar-refractivity contribution < 1.29 is 4.39 Å². The first-order valence-electron chi connectivity index (χ1n) is 3.78. The topological polar surface area (TPSA) is 23.8 Å². The van der Waals surface area contributed by atoms with Crippen molar-refractivity contribution in [3.63, 3.8) is 0 Å². The van der Waals surface area contributed by atoms with E-state index in [1.54, 1.807) is 12.1 Å². The number of benzene rings is 1. The summed E-state index contributed by atoms with van der Waals surface area (Å²) in [7, 11) is 0. The summed E-state index contributed by atoms with van der Waals surface area (Å²) < 4.78 is 12.6. The molecule has 7 heteroatoms. The zero-order chi connectivity index (χ0) is 12.8. The molecule has 0 aliphatic carbocycles. The molecule has 0 saturated carbocycles. The molecule has 1 rings (SSSR count). The van der Waals surface area contributed by atoms with Gasteiger partial charge in [-0.3, -0.25) is 0 Å². The molecule has 1 nitrogen and oxygen atoms in total. The van der Waals surface area contributed by atoms with Crippen LogP contribution in [0.4, 0.5) is 4.39 Å². The van der Waals surface area contributed by atoms with Crippen LogP contribution in [0.15, 0.2) is 18.2 Å². The molecule has 1 aromatic carbocycles. The lowest BCUT2D eigenvalue weighted by Gasteiger charge is -1.96. The molecule has 0 fully saturated rings. The second-order valence-corrected chi connectivity index (χ2v) is 14.2. The summed E-state index contributed by atoms with van der Waals surface area (Å²) in [6.45, 7) is 0. The van der Waals surface area contributed by atoms with Crippen LogP contribution in [0.5, 0.6) is 0 Å². The third kappa shape index (κ3) is 9.11.